The molecular weight excluding hydrogens is 352 g/mol. The molecule has 0 saturated carbocycles. The molecule has 0 fully saturated rings. The van der Waals surface area contributed by atoms with Gasteiger partial charge in [0.25, 0.3) is 0 Å². The molecule has 0 bridgehead atoms. The SMILES string of the molecule is COc1ccc(Nc2ccc(C(N)=S)c(Br)c2)cc1OC. The first-order valence-electron chi connectivity index (χ1n) is 6.13. The Labute approximate surface area is 137 Å². The minimum absolute atomic E-state index is 0.361. The summed E-state index contributed by atoms with van der Waals surface area (Å²) < 4.78 is 11.3. The van der Waals surface area contributed by atoms with Crippen LogP contribution in [0.3, 0.4) is 0 Å². The largest absolute Gasteiger partial charge is 0.493 e. The van der Waals surface area contributed by atoms with E-state index < -0.39 is 0 Å². The van der Waals surface area contributed by atoms with Gasteiger partial charge in [-0.3, -0.25) is 0 Å². The third kappa shape index (κ3) is 3.65. The summed E-state index contributed by atoms with van der Waals surface area (Å²) in [6.07, 6.45) is 0. The van der Waals surface area contributed by atoms with Gasteiger partial charge >= 0.3 is 0 Å². The maximum absolute atomic E-state index is 5.64. The van der Waals surface area contributed by atoms with Gasteiger partial charge in [-0.2, -0.15) is 0 Å². The van der Waals surface area contributed by atoms with Crippen LogP contribution in [0.5, 0.6) is 11.5 Å². The van der Waals surface area contributed by atoms with Crippen LogP contribution in [0.2, 0.25) is 0 Å². The summed E-state index contributed by atoms with van der Waals surface area (Å²) in [5, 5.41) is 3.29. The molecule has 0 amide bonds. The van der Waals surface area contributed by atoms with Gasteiger partial charge in [0, 0.05) is 27.5 Å². The van der Waals surface area contributed by atoms with Crippen molar-refractivity contribution < 1.29 is 9.47 Å². The maximum atomic E-state index is 5.64. The van der Waals surface area contributed by atoms with Crippen LogP contribution in [0.4, 0.5) is 11.4 Å². The molecule has 0 aliphatic heterocycles. The van der Waals surface area contributed by atoms with E-state index in [9.17, 15) is 0 Å². The fourth-order valence-corrected chi connectivity index (χ4v) is 2.77. The molecule has 0 radical (unpaired) electrons. The highest BCUT2D eigenvalue weighted by molar-refractivity contribution is 9.10. The molecule has 2 rings (SSSR count). The molecule has 0 heterocycles. The Balaban J connectivity index is 2.26. The minimum atomic E-state index is 0.361. The number of ether oxygens (including phenoxy) is 2. The predicted molar refractivity (Wildman–Crippen MR) is 92.9 cm³/mol. The molecule has 4 nitrogen and oxygen atoms in total. The number of benzene rings is 2. The summed E-state index contributed by atoms with van der Waals surface area (Å²) in [5.74, 6) is 1.36. The van der Waals surface area contributed by atoms with Gasteiger partial charge in [-0.25, -0.2) is 0 Å². The topological polar surface area (TPSA) is 56.5 Å². The normalized spacial score (nSPS) is 10.0. The Bertz CT molecular complexity index is 677. The summed E-state index contributed by atoms with van der Waals surface area (Å²) in [4.78, 5) is 0.361. The fraction of sp³-hybridized carbons (Fsp3) is 0.133. The highest BCUT2D eigenvalue weighted by Gasteiger charge is 2.07. The van der Waals surface area contributed by atoms with E-state index in [1.54, 1.807) is 14.2 Å². The third-order valence-electron chi connectivity index (χ3n) is 2.91. The van der Waals surface area contributed by atoms with Crippen molar-refractivity contribution in [3.05, 3.63) is 46.4 Å². The average Bonchev–Trinajstić information content (AvgIpc) is 2.46. The monoisotopic (exact) mass is 366 g/mol. The van der Waals surface area contributed by atoms with Crippen molar-refractivity contribution in [3.8, 4) is 11.5 Å². The van der Waals surface area contributed by atoms with E-state index in [0.717, 1.165) is 21.4 Å². The molecule has 2 aromatic carbocycles. The molecule has 0 saturated heterocycles. The lowest BCUT2D eigenvalue weighted by Crippen LogP contribution is -2.10. The second-order valence-corrected chi connectivity index (χ2v) is 5.55. The van der Waals surface area contributed by atoms with Gasteiger partial charge < -0.3 is 20.5 Å². The molecule has 110 valence electrons. The van der Waals surface area contributed by atoms with Crippen LogP contribution in [0.1, 0.15) is 5.56 Å². The van der Waals surface area contributed by atoms with Gasteiger partial charge in [-0.05, 0) is 46.3 Å². The van der Waals surface area contributed by atoms with E-state index in [1.165, 1.54) is 0 Å². The predicted octanol–water partition coefficient (Wildman–Crippen LogP) is 3.84. The summed E-state index contributed by atoms with van der Waals surface area (Å²) >= 11 is 8.44. The van der Waals surface area contributed by atoms with Crippen molar-refractivity contribution in [2.45, 2.75) is 0 Å². The van der Waals surface area contributed by atoms with Gasteiger partial charge in [0.15, 0.2) is 11.5 Å². The highest BCUT2D eigenvalue weighted by Crippen LogP contribution is 2.32. The fourth-order valence-electron chi connectivity index (χ4n) is 1.87. The molecular formula is C15H15BrN2O2S. The molecule has 0 unspecified atom stereocenters. The Morgan fingerprint density at radius 1 is 1.05 bits per heavy atom. The second-order valence-electron chi connectivity index (χ2n) is 4.25. The van der Waals surface area contributed by atoms with Crippen LogP contribution >= 0.6 is 28.1 Å². The van der Waals surface area contributed by atoms with Crippen molar-refractivity contribution in [1.29, 1.82) is 0 Å². The highest BCUT2D eigenvalue weighted by atomic mass is 79.9. The van der Waals surface area contributed by atoms with Crippen molar-refractivity contribution in [2.75, 3.05) is 19.5 Å². The molecule has 0 aliphatic carbocycles. The zero-order valence-electron chi connectivity index (χ0n) is 11.6. The zero-order valence-corrected chi connectivity index (χ0v) is 14.0. The van der Waals surface area contributed by atoms with Crippen LogP contribution in [0.15, 0.2) is 40.9 Å². The lowest BCUT2D eigenvalue weighted by molar-refractivity contribution is 0.355. The van der Waals surface area contributed by atoms with Gasteiger partial charge in [0.2, 0.25) is 0 Å². The standard InChI is InChI=1S/C15H15BrN2O2S/c1-19-13-6-4-10(8-14(13)20-2)18-9-3-5-11(15(17)21)12(16)7-9/h3-8,18H,1-2H3,(H2,17,21). The lowest BCUT2D eigenvalue weighted by Gasteiger charge is -2.12. The maximum Gasteiger partial charge on any atom is 0.162 e. The summed E-state index contributed by atoms with van der Waals surface area (Å²) in [7, 11) is 3.21. The van der Waals surface area contributed by atoms with Crippen molar-refractivity contribution in [3.63, 3.8) is 0 Å². The number of thiocarbonyl (C=S) groups is 1. The Hall–Kier alpha value is -1.79. The van der Waals surface area contributed by atoms with Crippen LogP contribution in [0.25, 0.3) is 0 Å². The third-order valence-corrected chi connectivity index (χ3v) is 3.78. The summed E-state index contributed by atoms with van der Waals surface area (Å²) in [6, 6.07) is 11.3. The number of methoxy groups -OCH3 is 2. The van der Waals surface area contributed by atoms with Crippen LogP contribution in [-0.2, 0) is 0 Å². The van der Waals surface area contributed by atoms with Crippen molar-refractivity contribution in [1.82, 2.24) is 0 Å². The Morgan fingerprint density at radius 2 is 1.67 bits per heavy atom. The molecule has 21 heavy (non-hydrogen) atoms. The lowest BCUT2D eigenvalue weighted by atomic mass is 10.2. The molecule has 0 spiro atoms. The Kier molecular flexibility index (Phi) is 5.03. The first-order valence-corrected chi connectivity index (χ1v) is 7.33. The van der Waals surface area contributed by atoms with Crippen molar-refractivity contribution >= 4 is 44.5 Å². The molecule has 2 aromatic rings. The van der Waals surface area contributed by atoms with E-state index in [1.807, 2.05) is 36.4 Å². The Morgan fingerprint density at radius 3 is 2.24 bits per heavy atom. The molecule has 6 heteroatoms. The number of anilines is 2. The number of rotatable bonds is 5. The average molecular weight is 367 g/mol. The van der Waals surface area contributed by atoms with E-state index in [0.29, 0.717) is 16.5 Å². The molecule has 0 aliphatic rings. The molecule has 0 aromatic heterocycles. The van der Waals surface area contributed by atoms with E-state index in [2.05, 4.69) is 21.2 Å². The van der Waals surface area contributed by atoms with Gasteiger partial charge in [0.1, 0.15) is 4.99 Å². The van der Waals surface area contributed by atoms with Gasteiger partial charge in [0.05, 0.1) is 14.2 Å². The first-order chi connectivity index (χ1) is 10.0. The zero-order chi connectivity index (χ0) is 15.4. The van der Waals surface area contributed by atoms with E-state index in [-0.39, 0.29) is 0 Å². The number of hydrogen-bond donors (Lipinski definition) is 2. The number of nitrogens with two attached hydrogens (primary N) is 1. The minimum Gasteiger partial charge on any atom is -0.493 e. The first kappa shape index (κ1) is 15.6. The summed E-state index contributed by atoms with van der Waals surface area (Å²) in [5.41, 5.74) is 8.25. The van der Waals surface area contributed by atoms with Gasteiger partial charge in [-0.15, -0.1) is 0 Å². The quantitative estimate of drug-likeness (QED) is 0.787. The van der Waals surface area contributed by atoms with E-state index in [4.69, 9.17) is 27.4 Å². The van der Waals surface area contributed by atoms with Crippen LogP contribution in [0, 0.1) is 0 Å². The molecule has 3 N–H and O–H groups in total. The second kappa shape index (κ2) is 6.78. The van der Waals surface area contributed by atoms with Crippen molar-refractivity contribution in [2.24, 2.45) is 5.73 Å². The summed E-state index contributed by atoms with van der Waals surface area (Å²) in [6.45, 7) is 0. The van der Waals surface area contributed by atoms with Gasteiger partial charge in [-0.1, -0.05) is 12.2 Å². The molecule has 0 atom stereocenters. The van der Waals surface area contributed by atoms with Crippen LogP contribution < -0.4 is 20.5 Å². The number of nitrogens with one attached hydrogen (secondary N) is 1. The van der Waals surface area contributed by atoms with E-state index >= 15 is 0 Å². The smallest absolute Gasteiger partial charge is 0.162 e. The number of halogens is 1. The number of hydrogen-bond acceptors (Lipinski definition) is 4. The van der Waals surface area contributed by atoms with Crippen LogP contribution in [-0.4, -0.2) is 19.2 Å².